The lowest BCUT2D eigenvalue weighted by atomic mass is 9.96. The van der Waals surface area contributed by atoms with Gasteiger partial charge in [0, 0.05) is 21.5 Å². The van der Waals surface area contributed by atoms with Gasteiger partial charge in [0.25, 0.3) is 5.56 Å². The van der Waals surface area contributed by atoms with Gasteiger partial charge in [0.1, 0.15) is 0 Å². The summed E-state index contributed by atoms with van der Waals surface area (Å²) in [5.41, 5.74) is 2.47. The summed E-state index contributed by atoms with van der Waals surface area (Å²) in [6, 6.07) is 12.8. The van der Waals surface area contributed by atoms with Crippen molar-refractivity contribution in [3.8, 4) is 16.9 Å². The fourth-order valence-corrected chi connectivity index (χ4v) is 2.55. The fourth-order valence-electron chi connectivity index (χ4n) is 2.38. The number of aromatic nitrogens is 1. The number of hydrogen-bond donors (Lipinski definition) is 2. The van der Waals surface area contributed by atoms with E-state index in [1.54, 1.807) is 18.2 Å². The molecule has 2 N–H and O–H groups in total. The Hall–Kier alpha value is -2.26. The number of halogens is 1. The number of pyridine rings is 1. The van der Waals surface area contributed by atoms with Crippen molar-refractivity contribution in [3.63, 3.8) is 0 Å². The number of nitrogens with one attached hydrogen (secondary N) is 1. The molecule has 0 bridgehead atoms. The second kappa shape index (κ2) is 4.69. The van der Waals surface area contributed by atoms with E-state index in [1.165, 1.54) is 0 Å². The van der Waals surface area contributed by atoms with Crippen molar-refractivity contribution in [2.75, 3.05) is 0 Å². The Balaban J connectivity index is 2.51. The number of fused-ring (bicyclic) bond motifs is 1. The molecule has 0 aliphatic rings. The highest BCUT2D eigenvalue weighted by Gasteiger charge is 2.15. The van der Waals surface area contributed by atoms with Crippen molar-refractivity contribution in [2.24, 2.45) is 0 Å². The van der Waals surface area contributed by atoms with Crippen LogP contribution in [0.3, 0.4) is 0 Å². The van der Waals surface area contributed by atoms with Crippen LogP contribution in [0.25, 0.3) is 22.0 Å². The quantitative estimate of drug-likeness (QED) is 0.713. The van der Waals surface area contributed by atoms with Gasteiger partial charge >= 0.3 is 0 Å². The molecule has 0 fully saturated rings. The van der Waals surface area contributed by atoms with Crippen molar-refractivity contribution in [1.82, 2.24) is 4.98 Å². The molecule has 20 heavy (non-hydrogen) atoms. The summed E-state index contributed by atoms with van der Waals surface area (Å²) < 4.78 is 0. The third kappa shape index (κ3) is 1.96. The Kier molecular flexibility index (Phi) is 2.99. The van der Waals surface area contributed by atoms with Gasteiger partial charge in [-0.15, -0.1) is 0 Å². The van der Waals surface area contributed by atoms with Crippen molar-refractivity contribution in [2.45, 2.75) is 6.92 Å². The Labute approximate surface area is 120 Å². The molecule has 1 heterocycles. The number of aryl methyl sites for hydroxylation is 1. The van der Waals surface area contributed by atoms with Crippen LogP contribution in [-0.2, 0) is 0 Å². The van der Waals surface area contributed by atoms with Gasteiger partial charge in [0.05, 0.1) is 0 Å². The molecule has 3 rings (SSSR count). The first-order valence-electron chi connectivity index (χ1n) is 6.18. The second-order valence-electron chi connectivity index (χ2n) is 4.68. The monoisotopic (exact) mass is 285 g/mol. The lowest BCUT2D eigenvalue weighted by molar-refractivity contribution is 0.470. The lowest BCUT2D eigenvalue weighted by Gasteiger charge is -2.11. The van der Waals surface area contributed by atoms with E-state index in [-0.39, 0.29) is 5.75 Å². The predicted octanol–water partition coefficient (Wildman–Crippen LogP) is 3.86. The summed E-state index contributed by atoms with van der Waals surface area (Å²) in [4.78, 5) is 14.5. The highest BCUT2D eigenvalue weighted by Crippen LogP contribution is 2.35. The molecule has 2 aromatic carbocycles. The van der Waals surface area contributed by atoms with E-state index in [9.17, 15) is 9.90 Å². The van der Waals surface area contributed by atoms with Crippen LogP contribution in [-0.4, -0.2) is 10.1 Å². The zero-order valence-corrected chi connectivity index (χ0v) is 11.5. The molecule has 0 saturated heterocycles. The first-order chi connectivity index (χ1) is 9.58. The average Bonchev–Trinajstić information content (AvgIpc) is 2.42. The summed E-state index contributed by atoms with van der Waals surface area (Å²) in [6.07, 6.45) is 0. The zero-order valence-electron chi connectivity index (χ0n) is 10.8. The van der Waals surface area contributed by atoms with Gasteiger partial charge < -0.3 is 10.1 Å². The van der Waals surface area contributed by atoms with E-state index in [1.807, 2.05) is 31.2 Å². The standard InChI is InChI=1S/C16H12ClNO2/c1-9-4-2-3-5-11(9)14-12-8-10(17)6-7-13(12)18-16(20)15(14)19/h2-8,19H,1H3,(H,18,20). The summed E-state index contributed by atoms with van der Waals surface area (Å²) in [6.45, 7) is 1.94. The van der Waals surface area contributed by atoms with E-state index in [0.717, 1.165) is 16.5 Å². The molecule has 0 aliphatic heterocycles. The summed E-state index contributed by atoms with van der Waals surface area (Å²) >= 11 is 6.04. The third-order valence-electron chi connectivity index (χ3n) is 3.37. The Morgan fingerprint density at radius 1 is 1.15 bits per heavy atom. The molecule has 0 amide bonds. The summed E-state index contributed by atoms with van der Waals surface area (Å²) in [7, 11) is 0. The van der Waals surface area contributed by atoms with Crippen molar-refractivity contribution in [3.05, 3.63) is 63.4 Å². The molecule has 3 nitrogen and oxygen atoms in total. The second-order valence-corrected chi connectivity index (χ2v) is 5.12. The molecule has 0 radical (unpaired) electrons. The summed E-state index contributed by atoms with van der Waals surface area (Å²) in [5, 5.41) is 11.5. The molecular formula is C16H12ClNO2. The van der Waals surface area contributed by atoms with E-state index in [2.05, 4.69) is 4.98 Å². The maximum atomic E-state index is 11.9. The SMILES string of the molecule is Cc1ccccc1-c1c(O)c(=O)[nH]c2ccc(Cl)cc12. The van der Waals surface area contributed by atoms with Crippen LogP contribution < -0.4 is 5.56 Å². The van der Waals surface area contributed by atoms with Crippen LogP contribution in [0, 0.1) is 6.92 Å². The highest BCUT2D eigenvalue weighted by molar-refractivity contribution is 6.31. The van der Waals surface area contributed by atoms with Gasteiger partial charge in [0.2, 0.25) is 0 Å². The van der Waals surface area contributed by atoms with Gasteiger partial charge in [0.15, 0.2) is 5.75 Å². The Morgan fingerprint density at radius 2 is 1.90 bits per heavy atom. The van der Waals surface area contributed by atoms with Crippen LogP contribution in [0.1, 0.15) is 5.56 Å². The molecule has 4 heteroatoms. The number of benzene rings is 2. The van der Waals surface area contributed by atoms with Crippen molar-refractivity contribution < 1.29 is 5.11 Å². The van der Waals surface area contributed by atoms with Gasteiger partial charge in [-0.3, -0.25) is 4.79 Å². The van der Waals surface area contributed by atoms with Gasteiger partial charge in [-0.1, -0.05) is 35.9 Å². The number of hydrogen-bond acceptors (Lipinski definition) is 2. The molecular weight excluding hydrogens is 274 g/mol. The first-order valence-corrected chi connectivity index (χ1v) is 6.56. The fraction of sp³-hybridized carbons (Fsp3) is 0.0625. The number of aromatic hydroxyl groups is 1. The van der Waals surface area contributed by atoms with Crippen LogP contribution in [0.5, 0.6) is 5.75 Å². The molecule has 0 aliphatic carbocycles. The minimum atomic E-state index is -0.502. The number of H-pyrrole nitrogens is 1. The van der Waals surface area contributed by atoms with E-state index < -0.39 is 5.56 Å². The lowest BCUT2D eigenvalue weighted by Crippen LogP contribution is -2.07. The van der Waals surface area contributed by atoms with Crippen LogP contribution in [0.15, 0.2) is 47.3 Å². The average molecular weight is 286 g/mol. The third-order valence-corrected chi connectivity index (χ3v) is 3.60. The first kappa shape index (κ1) is 12.8. The smallest absolute Gasteiger partial charge is 0.291 e. The van der Waals surface area contributed by atoms with Crippen LogP contribution in [0.2, 0.25) is 5.02 Å². The van der Waals surface area contributed by atoms with E-state index in [4.69, 9.17) is 11.6 Å². The van der Waals surface area contributed by atoms with Crippen molar-refractivity contribution in [1.29, 1.82) is 0 Å². The summed E-state index contributed by atoms with van der Waals surface area (Å²) in [5.74, 6) is -0.283. The molecule has 1 aromatic heterocycles. The minimum absolute atomic E-state index is 0.283. The highest BCUT2D eigenvalue weighted by atomic mass is 35.5. The Morgan fingerprint density at radius 3 is 2.65 bits per heavy atom. The van der Waals surface area contributed by atoms with Crippen molar-refractivity contribution >= 4 is 22.5 Å². The minimum Gasteiger partial charge on any atom is -0.503 e. The van der Waals surface area contributed by atoms with Crippen LogP contribution >= 0.6 is 11.6 Å². The van der Waals surface area contributed by atoms with E-state index in [0.29, 0.717) is 16.1 Å². The molecule has 0 atom stereocenters. The number of rotatable bonds is 1. The van der Waals surface area contributed by atoms with E-state index >= 15 is 0 Å². The predicted molar refractivity (Wildman–Crippen MR) is 81.4 cm³/mol. The normalized spacial score (nSPS) is 10.9. The largest absolute Gasteiger partial charge is 0.503 e. The zero-order chi connectivity index (χ0) is 14.3. The maximum absolute atomic E-state index is 11.9. The van der Waals surface area contributed by atoms with Gasteiger partial charge in [-0.2, -0.15) is 0 Å². The topological polar surface area (TPSA) is 53.1 Å². The number of aromatic amines is 1. The Bertz CT molecular complexity index is 868. The van der Waals surface area contributed by atoms with Gasteiger partial charge in [-0.05, 0) is 36.2 Å². The van der Waals surface area contributed by atoms with Crippen LogP contribution in [0.4, 0.5) is 0 Å². The molecule has 0 unspecified atom stereocenters. The maximum Gasteiger partial charge on any atom is 0.291 e. The molecule has 0 saturated carbocycles. The van der Waals surface area contributed by atoms with Gasteiger partial charge in [-0.25, -0.2) is 0 Å². The molecule has 100 valence electrons. The molecule has 0 spiro atoms. The molecule has 3 aromatic rings.